The van der Waals surface area contributed by atoms with Crippen LogP contribution in [-0.2, 0) is 11.2 Å². The SMILES string of the molecule is CC(C)N(N)C(=O)OC(C)(C)Cc1ccccc1. The molecule has 0 aliphatic heterocycles. The van der Waals surface area contributed by atoms with Crippen LogP contribution in [0.5, 0.6) is 0 Å². The van der Waals surface area contributed by atoms with E-state index in [2.05, 4.69) is 0 Å². The molecule has 1 amide bonds. The molecule has 4 heteroatoms. The van der Waals surface area contributed by atoms with Crippen molar-refractivity contribution in [3.8, 4) is 0 Å². The molecule has 2 N–H and O–H groups in total. The lowest BCUT2D eigenvalue weighted by Crippen LogP contribution is -2.46. The van der Waals surface area contributed by atoms with Gasteiger partial charge in [-0.25, -0.2) is 15.6 Å². The molecular weight excluding hydrogens is 228 g/mol. The molecule has 0 heterocycles. The fourth-order valence-corrected chi connectivity index (χ4v) is 1.62. The number of hydrogen-bond donors (Lipinski definition) is 1. The van der Waals surface area contributed by atoms with Gasteiger partial charge in [0.25, 0.3) is 0 Å². The molecule has 0 radical (unpaired) electrons. The Balaban J connectivity index is 2.62. The molecule has 0 bridgehead atoms. The molecule has 18 heavy (non-hydrogen) atoms. The molecule has 100 valence electrons. The van der Waals surface area contributed by atoms with Gasteiger partial charge < -0.3 is 4.74 Å². The van der Waals surface area contributed by atoms with Crippen molar-refractivity contribution >= 4 is 6.09 Å². The second kappa shape index (κ2) is 5.87. The first kappa shape index (κ1) is 14.5. The van der Waals surface area contributed by atoms with Gasteiger partial charge in [-0.15, -0.1) is 0 Å². The topological polar surface area (TPSA) is 55.6 Å². The average molecular weight is 250 g/mol. The number of nitrogens with zero attached hydrogens (tertiary/aromatic N) is 1. The predicted octanol–water partition coefficient (Wildman–Crippen LogP) is 2.73. The molecule has 0 spiro atoms. The van der Waals surface area contributed by atoms with E-state index in [4.69, 9.17) is 10.6 Å². The molecule has 0 saturated carbocycles. The average Bonchev–Trinajstić information content (AvgIpc) is 2.27. The Morgan fingerprint density at radius 1 is 1.33 bits per heavy atom. The van der Waals surface area contributed by atoms with Crippen molar-refractivity contribution in [2.75, 3.05) is 0 Å². The molecule has 0 saturated heterocycles. The molecule has 0 fully saturated rings. The van der Waals surface area contributed by atoms with Crippen LogP contribution >= 0.6 is 0 Å². The first-order chi connectivity index (χ1) is 8.32. The van der Waals surface area contributed by atoms with E-state index < -0.39 is 11.7 Å². The quantitative estimate of drug-likeness (QED) is 0.508. The minimum Gasteiger partial charge on any atom is -0.442 e. The van der Waals surface area contributed by atoms with Gasteiger partial charge in [0.1, 0.15) is 5.60 Å². The van der Waals surface area contributed by atoms with E-state index in [0.29, 0.717) is 6.42 Å². The highest BCUT2D eigenvalue weighted by molar-refractivity contribution is 5.67. The van der Waals surface area contributed by atoms with Crippen LogP contribution in [0.4, 0.5) is 4.79 Å². The molecule has 1 aromatic carbocycles. The number of benzene rings is 1. The number of hydrogen-bond acceptors (Lipinski definition) is 3. The summed E-state index contributed by atoms with van der Waals surface area (Å²) in [6.45, 7) is 7.44. The van der Waals surface area contributed by atoms with E-state index in [-0.39, 0.29) is 6.04 Å². The number of ether oxygens (including phenoxy) is 1. The zero-order valence-electron chi connectivity index (χ0n) is 11.5. The third-order valence-corrected chi connectivity index (χ3v) is 2.60. The van der Waals surface area contributed by atoms with Gasteiger partial charge in [0, 0.05) is 12.5 Å². The van der Waals surface area contributed by atoms with Gasteiger partial charge >= 0.3 is 6.09 Å². The van der Waals surface area contributed by atoms with E-state index in [9.17, 15) is 4.79 Å². The molecule has 1 rings (SSSR count). The highest BCUT2D eigenvalue weighted by Gasteiger charge is 2.26. The maximum atomic E-state index is 11.8. The Kier molecular flexibility index (Phi) is 4.73. The third-order valence-electron chi connectivity index (χ3n) is 2.60. The smallest absolute Gasteiger partial charge is 0.424 e. The Bertz CT molecular complexity index is 388. The maximum absolute atomic E-state index is 11.8. The van der Waals surface area contributed by atoms with Crippen molar-refractivity contribution in [1.29, 1.82) is 0 Å². The number of hydrazine groups is 1. The highest BCUT2D eigenvalue weighted by Crippen LogP contribution is 2.18. The van der Waals surface area contributed by atoms with Gasteiger partial charge in [-0.2, -0.15) is 0 Å². The van der Waals surface area contributed by atoms with Gasteiger partial charge in [0.05, 0.1) is 0 Å². The summed E-state index contributed by atoms with van der Waals surface area (Å²) in [4.78, 5) is 11.8. The predicted molar refractivity (Wildman–Crippen MR) is 71.9 cm³/mol. The van der Waals surface area contributed by atoms with E-state index in [0.717, 1.165) is 10.6 Å². The maximum Gasteiger partial charge on any atom is 0.424 e. The summed E-state index contributed by atoms with van der Waals surface area (Å²) in [6, 6.07) is 9.84. The van der Waals surface area contributed by atoms with Crippen molar-refractivity contribution in [1.82, 2.24) is 5.01 Å². The summed E-state index contributed by atoms with van der Waals surface area (Å²) in [5.41, 5.74) is 0.550. The summed E-state index contributed by atoms with van der Waals surface area (Å²) < 4.78 is 5.43. The largest absolute Gasteiger partial charge is 0.442 e. The zero-order chi connectivity index (χ0) is 13.8. The minimum atomic E-state index is -0.578. The lowest BCUT2D eigenvalue weighted by atomic mass is 9.98. The van der Waals surface area contributed by atoms with Crippen molar-refractivity contribution < 1.29 is 9.53 Å². The Morgan fingerprint density at radius 2 is 1.89 bits per heavy atom. The van der Waals surface area contributed by atoms with Gasteiger partial charge in [0.15, 0.2) is 0 Å². The van der Waals surface area contributed by atoms with Crippen molar-refractivity contribution in [3.05, 3.63) is 35.9 Å². The monoisotopic (exact) mass is 250 g/mol. The Hall–Kier alpha value is -1.55. The first-order valence-corrected chi connectivity index (χ1v) is 6.12. The van der Waals surface area contributed by atoms with Crippen LogP contribution in [0.2, 0.25) is 0 Å². The summed E-state index contributed by atoms with van der Waals surface area (Å²) in [6.07, 6.45) is 0.164. The molecule has 0 aliphatic carbocycles. The van der Waals surface area contributed by atoms with E-state index in [1.807, 2.05) is 58.0 Å². The van der Waals surface area contributed by atoms with Gasteiger partial charge in [0.2, 0.25) is 0 Å². The Morgan fingerprint density at radius 3 is 2.39 bits per heavy atom. The summed E-state index contributed by atoms with van der Waals surface area (Å²) in [5, 5.41) is 1.10. The fourth-order valence-electron chi connectivity index (χ4n) is 1.62. The number of carbonyl (C=O) groups is 1. The Labute approximate surface area is 109 Å². The second-order valence-corrected chi connectivity index (χ2v) is 5.29. The molecule has 0 unspecified atom stereocenters. The van der Waals surface area contributed by atoms with Crippen LogP contribution < -0.4 is 5.84 Å². The van der Waals surface area contributed by atoms with Crippen LogP contribution in [0.3, 0.4) is 0 Å². The van der Waals surface area contributed by atoms with Crippen molar-refractivity contribution in [3.63, 3.8) is 0 Å². The van der Waals surface area contributed by atoms with Crippen LogP contribution in [0.25, 0.3) is 0 Å². The molecule has 0 aliphatic rings. The molecule has 4 nitrogen and oxygen atoms in total. The summed E-state index contributed by atoms with van der Waals surface area (Å²) >= 11 is 0. The lowest BCUT2D eigenvalue weighted by molar-refractivity contribution is 0.00832. The van der Waals surface area contributed by atoms with E-state index >= 15 is 0 Å². The number of carbonyl (C=O) groups excluding carboxylic acids is 1. The van der Waals surface area contributed by atoms with Crippen LogP contribution in [0, 0.1) is 0 Å². The molecule has 0 aromatic heterocycles. The van der Waals surface area contributed by atoms with E-state index in [1.165, 1.54) is 0 Å². The van der Waals surface area contributed by atoms with Crippen LogP contribution in [0.15, 0.2) is 30.3 Å². The molecular formula is C14H22N2O2. The van der Waals surface area contributed by atoms with Crippen LogP contribution in [0.1, 0.15) is 33.3 Å². The number of rotatable bonds is 4. The molecule has 0 atom stereocenters. The highest BCUT2D eigenvalue weighted by atomic mass is 16.6. The first-order valence-electron chi connectivity index (χ1n) is 6.12. The van der Waals surface area contributed by atoms with Crippen molar-refractivity contribution in [2.45, 2.75) is 45.8 Å². The summed E-state index contributed by atoms with van der Waals surface area (Å²) in [5.74, 6) is 5.62. The van der Waals surface area contributed by atoms with Crippen molar-refractivity contribution in [2.24, 2.45) is 5.84 Å². The fraction of sp³-hybridized carbons (Fsp3) is 0.500. The van der Waals surface area contributed by atoms with Crippen LogP contribution in [-0.4, -0.2) is 22.7 Å². The summed E-state index contributed by atoms with van der Waals surface area (Å²) in [7, 11) is 0. The second-order valence-electron chi connectivity index (χ2n) is 5.29. The number of amides is 1. The van der Waals surface area contributed by atoms with Gasteiger partial charge in [-0.3, -0.25) is 0 Å². The standard InChI is InChI=1S/C14H22N2O2/c1-11(2)16(15)13(17)18-14(3,4)10-12-8-6-5-7-9-12/h5-9,11H,10,15H2,1-4H3. The lowest BCUT2D eigenvalue weighted by Gasteiger charge is -2.29. The van der Waals surface area contributed by atoms with Gasteiger partial charge in [-0.1, -0.05) is 30.3 Å². The zero-order valence-corrected chi connectivity index (χ0v) is 11.5. The normalized spacial score (nSPS) is 11.4. The minimum absolute atomic E-state index is 0.0787. The molecule has 1 aromatic rings. The van der Waals surface area contributed by atoms with Gasteiger partial charge in [-0.05, 0) is 33.3 Å². The number of nitrogens with two attached hydrogens (primary N) is 1. The third kappa shape index (κ3) is 4.37. The van der Waals surface area contributed by atoms with E-state index in [1.54, 1.807) is 0 Å².